The lowest BCUT2D eigenvalue weighted by Crippen LogP contribution is -1.88. The number of aliphatic imine (C=N–C) groups is 2. The molecule has 0 aliphatic rings. The van der Waals surface area contributed by atoms with Crippen molar-refractivity contribution in [2.75, 3.05) is 0 Å². The molecule has 0 N–H and O–H groups in total. The van der Waals surface area contributed by atoms with Crippen molar-refractivity contribution < 1.29 is 0 Å². The van der Waals surface area contributed by atoms with E-state index in [-0.39, 0.29) is 0 Å². The van der Waals surface area contributed by atoms with Gasteiger partial charge >= 0.3 is 0 Å². The molecule has 0 saturated carbocycles. The Morgan fingerprint density at radius 1 is 0.531 bits per heavy atom. The van der Waals surface area contributed by atoms with Crippen molar-refractivity contribution in [1.82, 2.24) is 19.1 Å². The highest BCUT2D eigenvalue weighted by atomic mass is 15.0. The predicted octanol–water partition coefficient (Wildman–Crippen LogP) is 5.56. The van der Waals surface area contributed by atoms with Crippen molar-refractivity contribution in [3.05, 3.63) is 121 Å². The fourth-order valence-corrected chi connectivity index (χ4v) is 3.21. The van der Waals surface area contributed by atoms with Gasteiger partial charge in [0.25, 0.3) is 0 Å². The van der Waals surface area contributed by atoms with Crippen LogP contribution in [0.4, 0.5) is 11.4 Å². The number of rotatable bonds is 6. The molecule has 2 aromatic heterocycles. The van der Waals surface area contributed by atoms with E-state index < -0.39 is 0 Å². The van der Waals surface area contributed by atoms with Crippen LogP contribution in [0.25, 0.3) is 11.4 Å². The zero-order chi connectivity index (χ0) is 21.6. The second-order valence-corrected chi connectivity index (χ2v) is 7.16. The second-order valence-electron chi connectivity index (χ2n) is 7.16. The van der Waals surface area contributed by atoms with E-state index in [4.69, 9.17) is 0 Å². The summed E-state index contributed by atoms with van der Waals surface area (Å²) >= 11 is 0. The van der Waals surface area contributed by atoms with Gasteiger partial charge in [-0.2, -0.15) is 0 Å². The Balaban J connectivity index is 1.21. The van der Waals surface area contributed by atoms with Gasteiger partial charge in [-0.05, 0) is 59.7 Å². The van der Waals surface area contributed by atoms with Crippen LogP contribution in [0.15, 0.2) is 120 Å². The zero-order valence-electron chi connectivity index (χ0n) is 17.2. The number of benzene rings is 3. The predicted molar refractivity (Wildman–Crippen MR) is 128 cm³/mol. The van der Waals surface area contributed by atoms with Gasteiger partial charge in [-0.15, -0.1) is 0 Å². The third-order valence-corrected chi connectivity index (χ3v) is 4.97. The van der Waals surface area contributed by atoms with Gasteiger partial charge in [-0.3, -0.25) is 9.98 Å². The molecule has 3 aromatic carbocycles. The van der Waals surface area contributed by atoms with Crippen LogP contribution in [0.1, 0.15) is 11.1 Å². The number of hydrogen-bond acceptors (Lipinski definition) is 4. The molecule has 5 rings (SSSR count). The van der Waals surface area contributed by atoms with Crippen LogP contribution in [-0.2, 0) is 0 Å². The number of hydrogen-bond donors (Lipinski definition) is 0. The van der Waals surface area contributed by atoms with Crippen LogP contribution < -0.4 is 0 Å². The lowest BCUT2D eigenvalue weighted by Gasteiger charge is -2.02. The van der Waals surface area contributed by atoms with Gasteiger partial charge in [-0.1, -0.05) is 24.3 Å². The molecule has 5 aromatic rings. The van der Waals surface area contributed by atoms with Crippen LogP contribution >= 0.6 is 0 Å². The highest BCUT2D eigenvalue weighted by Gasteiger charge is 1.97. The van der Waals surface area contributed by atoms with Crippen molar-refractivity contribution >= 4 is 23.8 Å². The quantitative estimate of drug-likeness (QED) is 0.340. The lowest BCUT2D eigenvalue weighted by molar-refractivity contribution is 1.06. The number of aromatic nitrogens is 4. The summed E-state index contributed by atoms with van der Waals surface area (Å²) in [6, 6.07) is 24.2. The summed E-state index contributed by atoms with van der Waals surface area (Å²) in [5.41, 5.74) is 5.98. The van der Waals surface area contributed by atoms with Gasteiger partial charge < -0.3 is 9.13 Å². The zero-order valence-corrected chi connectivity index (χ0v) is 17.2. The maximum Gasteiger partial charge on any atom is 0.0991 e. The van der Waals surface area contributed by atoms with E-state index in [0.717, 1.165) is 33.9 Å². The Kier molecular flexibility index (Phi) is 5.49. The van der Waals surface area contributed by atoms with Gasteiger partial charge in [0.15, 0.2) is 0 Å². The molecule has 2 heterocycles. The molecule has 0 amide bonds. The van der Waals surface area contributed by atoms with Crippen molar-refractivity contribution in [1.29, 1.82) is 0 Å². The average molecular weight is 416 g/mol. The Bertz CT molecular complexity index is 1210. The molecule has 6 nitrogen and oxygen atoms in total. The Hall–Kier alpha value is -4.58. The third-order valence-electron chi connectivity index (χ3n) is 4.97. The fraction of sp³-hybridized carbons (Fsp3) is 0. The molecule has 0 radical (unpaired) electrons. The molecule has 0 spiro atoms. The normalized spacial score (nSPS) is 11.5. The van der Waals surface area contributed by atoms with E-state index in [2.05, 4.69) is 20.0 Å². The molecule has 0 fully saturated rings. The van der Waals surface area contributed by atoms with E-state index >= 15 is 0 Å². The first kappa shape index (κ1) is 19.4. The summed E-state index contributed by atoms with van der Waals surface area (Å²) in [5, 5.41) is 0. The van der Waals surface area contributed by atoms with Crippen molar-refractivity contribution in [2.45, 2.75) is 0 Å². The number of imidazole rings is 2. The Morgan fingerprint density at radius 2 is 0.938 bits per heavy atom. The van der Waals surface area contributed by atoms with Crippen molar-refractivity contribution in [3.63, 3.8) is 0 Å². The van der Waals surface area contributed by atoms with Gasteiger partial charge in [0.05, 0.1) is 24.0 Å². The van der Waals surface area contributed by atoms with E-state index in [9.17, 15) is 0 Å². The van der Waals surface area contributed by atoms with Crippen LogP contribution in [0.2, 0.25) is 0 Å². The van der Waals surface area contributed by atoms with Crippen LogP contribution in [0, 0.1) is 0 Å². The first-order valence-corrected chi connectivity index (χ1v) is 10.2. The van der Waals surface area contributed by atoms with Crippen molar-refractivity contribution in [3.8, 4) is 11.4 Å². The summed E-state index contributed by atoms with van der Waals surface area (Å²) in [5.74, 6) is 0. The van der Waals surface area contributed by atoms with E-state index in [1.165, 1.54) is 0 Å². The fourth-order valence-electron chi connectivity index (χ4n) is 3.21. The Labute approximate surface area is 185 Å². The van der Waals surface area contributed by atoms with Crippen molar-refractivity contribution in [2.24, 2.45) is 9.98 Å². The number of nitrogens with zero attached hydrogens (tertiary/aromatic N) is 6. The molecule has 0 atom stereocenters. The molecule has 0 unspecified atom stereocenters. The monoisotopic (exact) mass is 416 g/mol. The minimum atomic E-state index is 0.902. The molecule has 6 heteroatoms. The van der Waals surface area contributed by atoms with E-state index in [0.29, 0.717) is 0 Å². The van der Waals surface area contributed by atoms with Gasteiger partial charge in [-0.25, -0.2) is 9.97 Å². The molecule has 0 saturated heterocycles. The second kappa shape index (κ2) is 9.06. The maximum absolute atomic E-state index is 4.56. The molecular weight excluding hydrogens is 396 g/mol. The summed E-state index contributed by atoms with van der Waals surface area (Å²) in [6.07, 6.45) is 14.6. The van der Waals surface area contributed by atoms with Crippen LogP contribution in [-0.4, -0.2) is 31.5 Å². The third kappa shape index (κ3) is 4.60. The molecular formula is C26H20N6. The smallest absolute Gasteiger partial charge is 0.0991 e. The van der Waals surface area contributed by atoms with E-state index in [1.54, 1.807) is 25.0 Å². The Morgan fingerprint density at radius 3 is 1.28 bits per heavy atom. The highest BCUT2D eigenvalue weighted by molar-refractivity contribution is 5.86. The first-order chi connectivity index (χ1) is 15.8. The topological polar surface area (TPSA) is 60.4 Å². The SMILES string of the molecule is C(=N\c1ccc(-n2ccnc2)cc1)/c1ccc(/C=N/c2ccc(-n3ccnc3)cc2)cc1. The highest BCUT2D eigenvalue weighted by Crippen LogP contribution is 2.17. The minimum Gasteiger partial charge on any atom is -0.306 e. The molecule has 154 valence electrons. The first-order valence-electron chi connectivity index (χ1n) is 10.2. The lowest BCUT2D eigenvalue weighted by atomic mass is 10.1. The summed E-state index contributed by atoms with van der Waals surface area (Å²) < 4.78 is 3.92. The van der Waals surface area contributed by atoms with Gasteiger partial charge in [0.1, 0.15) is 0 Å². The summed E-state index contributed by atoms with van der Waals surface area (Å²) in [6.45, 7) is 0. The largest absolute Gasteiger partial charge is 0.306 e. The summed E-state index contributed by atoms with van der Waals surface area (Å²) in [4.78, 5) is 17.3. The van der Waals surface area contributed by atoms with Gasteiger partial charge in [0.2, 0.25) is 0 Å². The average Bonchev–Trinajstić information content (AvgIpc) is 3.58. The molecule has 0 aliphatic heterocycles. The molecule has 0 bridgehead atoms. The minimum absolute atomic E-state index is 0.902. The van der Waals surface area contributed by atoms with Crippen LogP contribution in [0.5, 0.6) is 0 Å². The molecule has 0 aliphatic carbocycles. The maximum atomic E-state index is 4.56. The standard InChI is InChI=1S/C26H20N6/c1-2-22(18-30-24-7-11-26(12-8-24)32-16-14-28-20-32)4-3-21(1)17-29-23-5-9-25(10-6-23)31-15-13-27-19-31/h1-20H/b29-17+,30-18+. The van der Waals surface area contributed by atoms with E-state index in [1.807, 2.05) is 107 Å². The van der Waals surface area contributed by atoms with Gasteiger partial charge in [0, 0.05) is 48.6 Å². The molecule has 32 heavy (non-hydrogen) atoms. The summed E-state index contributed by atoms with van der Waals surface area (Å²) in [7, 11) is 0. The van der Waals surface area contributed by atoms with Crippen LogP contribution in [0.3, 0.4) is 0 Å².